The molecule has 24 heavy (non-hydrogen) atoms. The van der Waals surface area contributed by atoms with Gasteiger partial charge in [-0.25, -0.2) is 0 Å². The average molecular weight is 387 g/mol. The van der Waals surface area contributed by atoms with Crippen molar-refractivity contribution < 1.29 is 4.74 Å². The molecule has 0 saturated heterocycles. The largest absolute Gasteiger partial charge is 0.493 e. The second-order valence-electron chi connectivity index (χ2n) is 5.91. The molecule has 1 aromatic carbocycles. The zero-order valence-corrected chi connectivity index (χ0v) is 15.2. The Hall–Kier alpha value is -2.13. The van der Waals surface area contributed by atoms with Crippen molar-refractivity contribution in [2.24, 2.45) is 5.92 Å². The van der Waals surface area contributed by atoms with Crippen molar-refractivity contribution in [1.29, 1.82) is 5.26 Å². The number of benzene rings is 1. The lowest BCUT2D eigenvalue weighted by Gasteiger charge is -2.23. The molecule has 1 aliphatic carbocycles. The SMILES string of the molecule is CCN(Cc1cc(Br)ccc1OCC1CC1)c1ccc(C#N)nn1. The third kappa shape index (κ3) is 4.24. The van der Waals surface area contributed by atoms with Gasteiger partial charge in [-0.05, 0) is 56.0 Å². The van der Waals surface area contributed by atoms with Gasteiger partial charge in [-0.1, -0.05) is 15.9 Å². The van der Waals surface area contributed by atoms with E-state index in [0.717, 1.165) is 34.8 Å². The van der Waals surface area contributed by atoms with Gasteiger partial charge in [0, 0.05) is 23.1 Å². The predicted octanol–water partition coefficient (Wildman–Crippen LogP) is 3.93. The number of nitrogens with zero attached hydrogens (tertiary/aromatic N) is 4. The van der Waals surface area contributed by atoms with Crippen LogP contribution in [0.3, 0.4) is 0 Å². The van der Waals surface area contributed by atoms with Gasteiger partial charge in [-0.2, -0.15) is 5.26 Å². The Bertz CT molecular complexity index is 738. The van der Waals surface area contributed by atoms with Crippen LogP contribution in [-0.4, -0.2) is 23.3 Å². The van der Waals surface area contributed by atoms with Gasteiger partial charge in [0.15, 0.2) is 11.5 Å². The first-order valence-corrected chi connectivity index (χ1v) is 8.89. The smallest absolute Gasteiger partial charge is 0.163 e. The summed E-state index contributed by atoms with van der Waals surface area (Å²) >= 11 is 3.54. The van der Waals surface area contributed by atoms with Crippen LogP contribution in [-0.2, 0) is 6.54 Å². The van der Waals surface area contributed by atoms with Gasteiger partial charge in [-0.15, -0.1) is 10.2 Å². The van der Waals surface area contributed by atoms with E-state index in [1.165, 1.54) is 12.8 Å². The number of hydrogen-bond acceptors (Lipinski definition) is 5. The first-order valence-electron chi connectivity index (χ1n) is 8.09. The van der Waals surface area contributed by atoms with Crippen molar-refractivity contribution in [2.75, 3.05) is 18.1 Å². The van der Waals surface area contributed by atoms with Gasteiger partial charge in [-0.3, -0.25) is 0 Å². The van der Waals surface area contributed by atoms with E-state index in [9.17, 15) is 0 Å². The summed E-state index contributed by atoms with van der Waals surface area (Å²) in [6.07, 6.45) is 2.54. The van der Waals surface area contributed by atoms with E-state index in [0.29, 0.717) is 18.2 Å². The minimum absolute atomic E-state index is 0.325. The third-order valence-corrected chi connectivity index (χ3v) is 4.52. The van der Waals surface area contributed by atoms with Crippen LogP contribution in [0.25, 0.3) is 0 Å². The van der Waals surface area contributed by atoms with Crippen LogP contribution < -0.4 is 9.64 Å². The molecule has 0 unspecified atom stereocenters. The van der Waals surface area contributed by atoms with E-state index in [1.807, 2.05) is 24.3 Å². The summed E-state index contributed by atoms with van der Waals surface area (Å²) in [7, 11) is 0. The highest BCUT2D eigenvalue weighted by Crippen LogP contribution is 2.32. The van der Waals surface area contributed by atoms with Crippen molar-refractivity contribution in [3.63, 3.8) is 0 Å². The molecule has 1 aliphatic rings. The van der Waals surface area contributed by atoms with Crippen LogP contribution in [0.5, 0.6) is 5.75 Å². The molecule has 2 aromatic rings. The van der Waals surface area contributed by atoms with E-state index in [-0.39, 0.29) is 0 Å². The highest BCUT2D eigenvalue weighted by Gasteiger charge is 2.22. The Labute approximate surface area is 150 Å². The zero-order valence-electron chi connectivity index (χ0n) is 13.6. The maximum atomic E-state index is 8.85. The van der Waals surface area contributed by atoms with Crippen LogP contribution in [0.2, 0.25) is 0 Å². The monoisotopic (exact) mass is 386 g/mol. The van der Waals surface area contributed by atoms with E-state index >= 15 is 0 Å². The second-order valence-corrected chi connectivity index (χ2v) is 6.82. The number of hydrogen-bond donors (Lipinski definition) is 0. The van der Waals surface area contributed by atoms with Gasteiger partial charge < -0.3 is 9.64 Å². The first-order chi connectivity index (χ1) is 11.7. The summed E-state index contributed by atoms with van der Waals surface area (Å²) in [6.45, 7) is 4.33. The van der Waals surface area contributed by atoms with Crippen molar-refractivity contribution in [3.05, 3.63) is 46.1 Å². The van der Waals surface area contributed by atoms with Crippen LogP contribution in [0, 0.1) is 17.2 Å². The summed E-state index contributed by atoms with van der Waals surface area (Å²) < 4.78 is 7.03. The zero-order chi connectivity index (χ0) is 16.9. The Morgan fingerprint density at radius 1 is 1.29 bits per heavy atom. The summed E-state index contributed by atoms with van der Waals surface area (Å²) in [5, 5.41) is 16.9. The molecule has 0 N–H and O–H groups in total. The van der Waals surface area contributed by atoms with E-state index < -0.39 is 0 Å². The first kappa shape index (κ1) is 16.7. The lowest BCUT2D eigenvalue weighted by molar-refractivity contribution is 0.296. The fourth-order valence-electron chi connectivity index (χ4n) is 2.42. The van der Waals surface area contributed by atoms with E-state index in [4.69, 9.17) is 10.00 Å². The molecule has 0 radical (unpaired) electrons. The molecule has 1 saturated carbocycles. The molecule has 0 amide bonds. The molecule has 5 nitrogen and oxygen atoms in total. The van der Waals surface area contributed by atoms with Gasteiger partial charge >= 0.3 is 0 Å². The minimum Gasteiger partial charge on any atom is -0.493 e. The van der Waals surface area contributed by atoms with E-state index in [2.05, 4.69) is 44.0 Å². The summed E-state index contributed by atoms with van der Waals surface area (Å²) in [5.74, 6) is 2.39. The molecule has 0 aliphatic heterocycles. The Morgan fingerprint density at radius 2 is 2.12 bits per heavy atom. The minimum atomic E-state index is 0.325. The lowest BCUT2D eigenvalue weighted by atomic mass is 10.2. The van der Waals surface area contributed by atoms with Crippen molar-refractivity contribution in [2.45, 2.75) is 26.3 Å². The highest BCUT2D eigenvalue weighted by molar-refractivity contribution is 9.10. The van der Waals surface area contributed by atoms with Crippen molar-refractivity contribution >= 4 is 21.7 Å². The van der Waals surface area contributed by atoms with Crippen molar-refractivity contribution in [1.82, 2.24) is 10.2 Å². The fourth-order valence-corrected chi connectivity index (χ4v) is 2.83. The predicted molar refractivity (Wildman–Crippen MR) is 95.8 cm³/mol. The summed E-state index contributed by atoms with van der Waals surface area (Å²) in [4.78, 5) is 2.11. The molecular weight excluding hydrogens is 368 g/mol. The fraction of sp³-hybridized carbons (Fsp3) is 0.389. The van der Waals surface area contributed by atoms with E-state index in [1.54, 1.807) is 6.07 Å². The molecule has 0 atom stereocenters. The van der Waals surface area contributed by atoms with Gasteiger partial charge in [0.2, 0.25) is 0 Å². The molecular formula is C18H19BrN4O. The Morgan fingerprint density at radius 3 is 2.75 bits per heavy atom. The topological polar surface area (TPSA) is 62.0 Å². The van der Waals surface area contributed by atoms with Gasteiger partial charge in [0.1, 0.15) is 11.8 Å². The quantitative estimate of drug-likeness (QED) is 0.721. The molecule has 3 rings (SSSR count). The van der Waals surface area contributed by atoms with Gasteiger partial charge in [0.05, 0.1) is 6.61 Å². The Balaban J connectivity index is 1.78. The maximum absolute atomic E-state index is 8.85. The number of ether oxygens (including phenoxy) is 1. The Kier molecular flexibility index (Phi) is 5.31. The summed E-state index contributed by atoms with van der Waals surface area (Å²) in [6, 6.07) is 11.6. The van der Waals surface area contributed by atoms with Crippen molar-refractivity contribution in [3.8, 4) is 11.8 Å². The third-order valence-electron chi connectivity index (χ3n) is 4.03. The van der Waals surface area contributed by atoms with Crippen LogP contribution in [0.15, 0.2) is 34.8 Å². The molecule has 1 aromatic heterocycles. The average Bonchev–Trinajstić information content (AvgIpc) is 3.43. The number of nitriles is 1. The lowest BCUT2D eigenvalue weighted by Crippen LogP contribution is -2.24. The molecule has 0 spiro atoms. The molecule has 6 heteroatoms. The van der Waals surface area contributed by atoms with Crippen LogP contribution in [0.1, 0.15) is 31.0 Å². The second kappa shape index (κ2) is 7.63. The standard InChI is InChI=1S/C18H19BrN4O/c1-2-23(18-8-6-16(10-20)21-22-18)11-14-9-15(19)5-7-17(14)24-12-13-3-4-13/h5-9,13H,2-4,11-12H2,1H3. The summed E-state index contributed by atoms with van der Waals surface area (Å²) in [5.41, 5.74) is 1.43. The molecule has 0 bridgehead atoms. The number of aromatic nitrogens is 2. The number of halogens is 1. The number of rotatable bonds is 7. The van der Waals surface area contributed by atoms with Crippen LogP contribution >= 0.6 is 15.9 Å². The highest BCUT2D eigenvalue weighted by atomic mass is 79.9. The molecule has 124 valence electrons. The maximum Gasteiger partial charge on any atom is 0.163 e. The molecule has 1 heterocycles. The number of anilines is 1. The molecule has 1 fully saturated rings. The van der Waals surface area contributed by atoms with Gasteiger partial charge in [0.25, 0.3) is 0 Å². The normalized spacial score (nSPS) is 13.4. The van der Waals surface area contributed by atoms with Crippen LogP contribution in [0.4, 0.5) is 5.82 Å².